The van der Waals surface area contributed by atoms with Crippen LogP contribution in [0.4, 0.5) is 0 Å². The first-order chi connectivity index (χ1) is 9.24. The quantitative estimate of drug-likeness (QED) is 0.606. The second kappa shape index (κ2) is 6.87. The summed E-state index contributed by atoms with van der Waals surface area (Å²) < 4.78 is 2.11. The van der Waals surface area contributed by atoms with Gasteiger partial charge in [-0.05, 0) is 25.0 Å². The van der Waals surface area contributed by atoms with E-state index in [1.54, 1.807) is 6.07 Å². The molecule has 0 aliphatic carbocycles. The van der Waals surface area contributed by atoms with Crippen LogP contribution >= 0.6 is 22.9 Å². The molecule has 2 rings (SSSR count). The molecule has 1 heterocycles. The van der Waals surface area contributed by atoms with Crippen molar-refractivity contribution < 1.29 is 0 Å². The molecule has 0 aliphatic rings. The van der Waals surface area contributed by atoms with Crippen molar-refractivity contribution in [2.24, 2.45) is 0 Å². The summed E-state index contributed by atoms with van der Waals surface area (Å²) in [6, 6.07) is 7.26. The monoisotopic (exact) mass is 297 g/mol. The van der Waals surface area contributed by atoms with Gasteiger partial charge in [0.1, 0.15) is 0 Å². The van der Waals surface area contributed by atoms with Gasteiger partial charge in [-0.2, -0.15) is 0 Å². The van der Waals surface area contributed by atoms with Crippen LogP contribution in [0.2, 0.25) is 0 Å². The Labute approximate surface area is 120 Å². The fourth-order valence-corrected chi connectivity index (χ4v) is 3.09. The topological polar surface area (TPSA) is 39.1 Å². The molecule has 0 fully saturated rings. The maximum Gasteiger partial charge on any atom is 0.310 e. The molecular weight excluding hydrogens is 282 g/mol. The number of hydrogen-bond donors (Lipinski definition) is 0. The fraction of sp³-hybridized carbons (Fsp3) is 0.429. The van der Waals surface area contributed by atoms with Crippen LogP contribution in [0.3, 0.4) is 0 Å². The van der Waals surface area contributed by atoms with Gasteiger partial charge in [-0.1, -0.05) is 36.3 Å². The number of benzene rings is 1. The van der Waals surface area contributed by atoms with Crippen LogP contribution in [0.5, 0.6) is 0 Å². The summed E-state index contributed by atoms with van der Waals surface area (Å²) in [5, 5.41) is 0.632. The lowest BCUT2D eigenvalue weighted by Gasteiger charge is -2.05. The third-order valence-electron chi connectivity index (χ3n) is 3.05. The van der Waals surface area contributed by atoms with E-state index in [9.17, 15) is 9.59 Å². The van der Waals surface area contributed by atoms with Crippen LogP contribution in [0.1, 0.15) is 25.7 Å². The zero-order chi connectivity index (χ0) is 13.7. The van der Waals surface area contributed by atoms with Crippen molar-refractivity contribution >= 4 is 33.0 Å². The molecule has 0 aliphatic heterocycles. The molecule has 0 N–H and O–H groups in total. The lowest BCUT2D eigenvalue weighted by atomic mass is 10.2. The first-order valence-corrected chi connectivity index (χ1v) is 7.78. The molecule has 19 heavy (non-hydrogen) atoms. The summed E-state index contributed by atoms with van der Waals surface area (Å²) in [5.74, 6) is 0.671. The molecule has 5 heteroatoms. The van der Waals surface area contributed by atoms with Gasteiger partial charge in [-0.15, -0.1) is 11.6 Å². The van der Waals surface area contributed by atoms with Gasteiger partial charge < -0.3 is 0 Å². The van der Waals surface area contributed by atoms with E-state index in [1.807, 2.05) is 18.2 Å². The molecule has 0 saturated carbocycles. The highest BCUT2D eigenvalue weighted by molar-refractivity contribution is 7.16. The van der Waals surface area contributed by atoms with Gasteiger partial charge in [0.2, 0.25) is 0 Å². The number of nitrogens with zero attached hydrogens (tertiary/aromatic N) is 1. The molecule has 0 radical (unpaired) electrons. The Bertz CT molecular complexity index is 662. The highest BCUT2D eigenvalue weighted by Crippen LogP contribution is 2.11. The van der Waals surface area contributed by atoms with Gasteiger partial charge in [0, 0.05) is 17.1 Å². The Kier molecular flexibility index (Phi) is 5.16. The average molecular weight is 298 g/mol. The summed E-state index contributed by atoms with van der Waals surface area (Å²) in [5.41, 5.74) is -0.170. The minimum absolute atomic E-state index is 0.166. The fourth-order valence-electron chi connectivity index (χ4n) is 2.02. The number of unbranched alkanes of at least 4 members (excludes halogenated alkanes) is 3. The zero-order valence-corrected chi connectivity index (χ0v) is 12.2. The standard InChI is InChI=1S/C14H16ClNO2S/c15-9-5-1-2-6-10-16-13(17)11-7-3-4-8-12(11)19-14(16)18/h3-4,7-8H,1-2,5-6,9-10H2. The Morgan fingerprint density at radius 3 is 2.58 bits per heavy atom. The molecule has 102 valence electrons. The Morgan fingerprint density at radius 2 is 1.79 bits per heavy atom. The largest absolute Gasteiger partial charge is 0.310 e. The summed E-state index contributed by atoms with van der Waals surface area (Å²) >= 11 is 6.75. The van der Waals surface area contributed by atoms with E-state index in [2.05, 4.69) is 0 Å². The molecule has 0 unspecified atom stereocenters. The first-order valence-electron chi connectivity index (χ1n) is 6.42. The second-order valence-electron chi connectivity index (χ2n) is 4.42. The molecular formula is C14H16ClNO2S. The van der Waals surface area contributed by atoms with E-state index in [4.69, 9.17) is 11.6 Å². The van der Waals surface area contributed by atoms with Crippen LogP contribution < -0.4 is 10.4 Å². The van der Waals surface area contributed by atoms with Crippen LogP contribution in [0.25, 0.3) is 10.1 Å². The van der Waals surface area contributed by atoms with Gasteiger partial charge in [0.15, 0.2) is 0 Å². The maximum absolute atomic E-state index is 12.2. The van der Waals surface area contributed by atoms with E-state index in [0.717, 1.165) is 41.7 Å². The highest BCUT2D eigenvalue weighted by atomic mass is 35.5. The zero-order valence-electron chi connectivity index (χ0n) is 10.6. The van der Waals surface area contributed by atoms with Gasteiger partial charge in [0.25, 0.3) is 5.56 Å². The highest BCUT2D eigenvalue weighted by Gasteiger charge is 2.06. The molecule has 2 aromatic rings. The van der Waals surface area contributed by atoms with Crippen molar-refractivity contribution in [3.63, 3.8) is 0 Å². The molecule has 3 nitrogen and oxygen atoms in total. The van der Waals surface area contributed by atoms with Crippen molar-refractivity contribution in [3.05, 3.63) is 44.3 Å². The van der Waals surface area contributed by atoms with Crippen LogP contribution in [0, 0.1) is 0 Å². The lowest BCUT2D eigenvalue weighted by Crippen LogP contribution is -2.30. The second-order valence-corrected chi connectivity index (χ2v) is 5.80. The smallest absolute Gasteiger partial charge is 0.269 e. The summed E-state index contributed by atoms with van der Waals surface area (Å²) in [7, 11) is 0. The van der Waals surface area contributed by atoms with E-state index >= 15 is 0 Å². The Morgan fingerprint density at radius 1 is 1.05 bits per heavy atom. The Balaban J connectivity index is 2.19. The summed E-state index contributed by atoms with van der Waals surface area (Å²) in [6.07, 6.45) is 3.87. The third-order valence-corrected chi connectivity index (χ3v) is 4.28. The SMILES string of the molecule is O=c1sc2ccccc2c(=O)n1CCCCCCCl. The summed E-state index contributed by atoms with van der Waals surface area (Å²) in [6.45, 7) is 0.501. The van der Waals surface area contributed by atoms with E-state index in [-0.39, 0.29) is 10.4 Å². The number of hydrogen-bond acceptors (Lipinski definition) is 3. The van der Waals surface area contributed by atoms with E-state index < -0.39 is 0 Å². The minimum atomic E-state index is -0.170. The first kappa shape index (κ1) is 14.3. The van der Waals surface area contributed by atoms with Gasteiger partial charge in [-0.25, -0.2) is 0 Å². The lowest BCUT2D eigenvalue weighted by molar-refractivity contribution is 0.568. The van der Waals surface area contributed by atoms with Gasteiger partial charge in [0.05, 0.1) is 5.39 Å². The van der Waals surface area contributed by atoms with Crippen molar-refractivity contribution in [1.82, 2.24) is 4.57 Å². The molecule has 0 bridgehead atoms. The predicted octanol–water partition coefficient (Wildman–Crippen LogP) is 3.22. The number of alkyl halides is 1. The number of fused-ring (bicyclic) bond motifs is 1. The molecule has 0 saturated heterocycles. The van der Waals surface area contributed by atoms with Gasteiger partial charge in [-0.3, -0.25) is 14.2 Å². The number of halogens is 1. The average Bonchev–Trinajstić information content (AvgIpc) is 2.42. The van der Waals surface area contributed by atoms with Crippen LogP contribution in [-0.4, -0.2) is 10.4 Å². The normalized spacial score (nSPS) is 11.0. The van der Waals surface area contributed by atoms with Crippen LogP contribution in [0.15, 0.2) is 33.9 Å². The third kappa shape index (κ3) is 3.45. The van der Waals surface area contributed by atoms with Crippen molar-refractivity contribution in [3.8, 4) is 0 Å². The molecule has 1 aromatic heterocycles. The molecule has 0 spiro atoms. The van der Waals surface area contributed by atoms with Crippen molar-refractivity contribution in [1.29, 1.82) is 0 Å². The predicted molar refractivity (Wildman–Crippen MR) is 81.5 cm³/mol. The maximum atomic E-state index is 12.2. The molecule has 1 aromatic carbocycles. The van der Waals surface area contributed by atoms with Crippen LogP contribution in [-0.2, 0) is 6.54 Å². The van der Waals surface area contributed by atoms with E-state index in [0.29, 0.717) is 17.8 Å². The molecule has 0 atom stereocenters. The van der Waals surface area contributed by atoms with Gasteiger partial charge >= 0.3 is 4.87 Å². The van der Waals surface area contributed by atoms with Crippen molar-refractivity contribution in [2.45, 2.75) is 32.2 Å². The molecule has 0 amide bonds. The minimum Gasteiger partial charge on any atom is -0.269 e. The van der Waals surface area contributed by atoms with E-state index in [1.165, 1.54) is 4.57 Å². The summed E-state index contributed by atoms with van der Waals surface area (Å²) in [4.78, 5) is 24.0. The Hall–Kier alpha value is -1.13. The number of aromatic nitrogens is 1. The van der Waals surface area contributed by atoms with Crippen molar-refractivity contribution in [2.75, 3.05) is 5.88 Å². The number of rotatable bonds is 6.